The summed E-state index contributed by atoms with van der Waals surface area (Å²) in [7, 11) is -3.26. The van der Waals surface area contributed by atoms with Crippen LogP contribution >= 0.6 is 0 Å². The third kappa shape index (κ3) is 6.46. The van der Waals surface area contributed by atoms with Gasteiger partial charge in [-0.15, -0.1) is 10.2 Å². The third-order valence-electron chi connectivity index (χ3n) is 6.79. The molecule has 2 aliphatic rings. The molecule has 1 aliphatic heterocycles. The first-order valence-electron chi connectivity index (χ1n) is 12.9. The second-order valence-corrected chi connectivity index (χ2v) is 12.7. The van der Waals surface area contributed by atoms with Gasteiger partial charge in [-0.3, -0.25) is 0 Å². The van der Waals surface area contributed by atoms with Crippen LogP contribution in [0.2, 0.25) is 0 Å². The van der Waals surface area contributed by atoms with Gasteiger partial charge in [0.2, 0.25) is 5.89 Å². The van der Waals surface area contributed by atoms with Gasteiger partial charge in [-0.1, -0.05) is 36.5 Å². The molecular formula is C27H36N6O4S. The summed E-state index contributed by atoms with van der Waals surface area (Å²) in [6.07, 6.45) is 14.9. The Kier molecular flexibility index (Phi) is 8.91. The van der Waals surface area contributed by atoms with Crippen molar-refractivity contribution in [1.82, 2.24) is 25.5 Å². The van der Waals surface area contributed by atoms with Crippen molar-refractivity contribution in [2.24, 2.45) is 0 Å². The molecule has 204 valence electrons. The van der Waals surface area contributed by atoms with Crippen LogP contribution in [0.3, 0.4) is 0 Å². The maximum absolute atomic E-state index is 12.4. The van der Waals surface area contributed by atoms with E-state index in [1.165, 1.54) is 5.57 Å². The zero-order valence-corrected chi connectivity index (χ0v) is 23.1. The molecule has 2 unspecified atom stereocenters. The molecule has 38 heavy (non-hydrogen) atoms. The molecule has 4 rings (SSSR count). The topological polar surface area (TPSA) is 146 Å². The van der Waals surface area contributed by atoms with Crippen molar-refractivity contribution in [1.29, 1.82) is 0 Å². The van der Waals surface area contributed by atoms with Gasteiger partial charge in [0.25, 0.3) is 5.89 Å². The fourth-order valence-corrected chi connectivity index (χ4v) is 5.38. The summed E-state index contributed by atoms with van der Waals surface area (Å²) < 4.78 is 36.2. The van der Waals surface area contributed by atoms with E-state index in [4.69, 9.17) is 14.9 Å². The average Bonchev–Trinajstić information content (AvgIpc) is 3.61. The van der Waals surface area contributed by atoms with Gasteiger partial charge in [-0.25, -0.2) is 18.4 Å². The van der Waals surface area contributed by atoms with Gasteiger partial charge in [0, 0.05) is 19.2 Å². The fraction of sp³-hybridized carbons (Fsp3) is 0.481. The highest BCUT2D eigenvalue weighted by molar-refractivity contribution is 7.92. The molecule has 0 aromatic carbocycles. The van der Waals surface area contributed by atoms with Crippen LogP contribution in [0.5, 0.6) is 0 Å². The monoisotopic (exact) mass is 540 g/mol. The Labute approximate surface area is 224 Å². The Bertz CT molecular complexity index is 1350. The summed E-state index contributed by atoms with van der Waals surface area (Å²) in [5.41, 5.74) is 8.84. The van der Waals surface area contributed by atoms with Gasteiger partial charge in [-0.2, -0.15) is 0 Å². The molecular weight excluding hydrogens is 504 g/mol. The van der Waals surface area contributed by atoms with Gasteiger partial charge in [-0.05, 0) is 51.7 Å². The molecule has 1 fully saturated rings. The lowest BCUT2D eigenvalue weighted by atomic mass is 9.96. The van der Waals surface area contributed by atoms with Gasteiger partial charge in [0.15, 0.2) is 21.3 Å². The summed E-state index contributed by atoms with van der Waals surface area (Å²) in [6.45, 7) is 9.25. The number of hydrogen-bond acceptors (Lipinski definition) is 10. The first-order valence-corrected chi connectivity index (χ1v) is 14.5. The average molecular weight is 541 g/mol. The minimum atomic E-state index is -3.26. The Balaban J connectivity index is 1.45. The highest BCUT2D eigenvalue weighted by atomic mass is 32.2. The van der Waals surface area contributed by atoms with Crippen molar-refractivity contribution < 1.29 is 17.6 Å². The Morgan fingerprint density at radius 3 is 2.76 bits per heavy atom. The maximum atomic E-state index is 12.4. The molecule has 3 atom stereocenters. The van der Waals surface area contributed by atoms with Crippen molar-refractivity contribution in [3.63, 3.8) is 0 Å². The van der Waals surface area contributed by atoms with Gasteiger partial charge in [0.05, 0.1) is 34.9 Å². The van der Waals surface area contributed by atoms with E-state index in [9.17, 15) is 8.42 Å². The number of nitrogens with one attached hydrogen (secondary N) is 1. The number of allylic oxidation sites excluding steroid dienone is 5. The molecule has 0 radical (unpaired) electrons. The molecule has 1 saturated heterocycles. The number of hydrogen-bond donors (Lipinski definition) is 2. The van der Waals surface area contributed by atoms with Crippen molar-refractivity contribution in [2.45, 2.75) is 63.0 Å². The second-order valence-electron chi connectivity index (χ2n) is 9.80. The zero-order chi connectivity index (χ0) is 27.3. The summed E-state index contributed by atoms with van der Waals surface area (Å²) in [5, 5.41) is 10.8. The fourth-order valence-electron chi connectivity index (χ4n) is 4.22. The van der Waals surface area contributed by atoms with Crippen molar-refractivity contribution in [2.75, 3.05) is 25.5 Å². The van der Waals surface area contributed by atoms with Crippen LogP contribution in [0.4, 0.5) is 5.82 Å². The Hall–Kier alpha value is -3.15. The van der Waals surface area contributed by atoms with E-state index in [2.05, 4.69) is 43.7 Å². The number of sulfone groups is 1. The molecule has 2 aromatic rings. The molecule has 3 N–H and O–H groups in total. The molecule has 0 spiro atoms. The van der Waals surface area contributed by atoms with Crippen LogP contribution < -0.4 is 11.1 Å². The van der Waals surface area contributed by atoms with Gasteiger partial charge in [0.1, 0.15) is 0 Å². The summed E-state index contributed by atoms with van der Waals surface area (Å²) in [5.74, 6) is 0.801. The quantitative estimate of drug-likeness (QED) is 0.428. The van der Waals surface area contributed by atoms with Crippen LogP contribution in [0.1, 0.15) is 58.0 Å². The number of rotatable bonds is 10. The van der Waals surface area contributed by atoms with Crippen LogP contribution in [0, 0.1) is 0 Å². The van der Waals surface area contributed by atoms with Crippen LogP contribution in [-0.2, 0) is 14.6 Å². The second kappa shape index (κ2) is 12.1. The highest BCUT2D eigenvalue weighted by Crippen LogP contribution is 2.30. The summed E-state index contributed by atoms with van der Waals surface area (Å²) in [4.78, 5) is 8.89. The number of nitrogen functional groups attached to an aromatic ring is 1. The number of ether oxygens (including phenoxy) is 1. The summed E-state index contributed by atoms with van der Waals surface area (Å²) >= 11 is 0. The summed E-state index contributed by atoms with van der Waals surface area (Å²) in [6, 6.07) is 0.415. The van der Waals surface area contributed by atoms with Crippen LogP contribution in [-0.4, -0.2) is 64.9 Å². The standard InChI is InChI=1S/C27H36N6O4S/c1-5-20(9-6-18(4)38(34,35)17(2)3)23-15-30-25(28)24(31-23)27-33-32-26(37-27)21-10-7-19(8-11-21)14-29-22-12-13-36-16-22/h5-10,15,17-18,21-22,29H,11-14,16H2,1-4H3,(H2,28,30)/b9-6-,20-5+/t18?,21?,22-/m1/s1. The number of nitrogens with two attached hydrogens (primary N) is 1. The molecule has 0 saturated carbocycles. The number of anilines is 1. The van der Waals surface area contributed by atoms with Crippen LogP contribution in [0.25, 0.3) is 17.2 Å². The molecule has 11 heteroatoms. The van der Waals surface area contributed by atoms with Gasteiger partial charge < -0.3 is 20.2 Å². The first kappa shape index (κ1) is 27.9. The number of aromatic nitrogens is 4. The van der Waals surface area contributed by atoms with E-state index in [-0.39, 0.29) is 23.3 Å². The predicted molar refractivity (Wildman–Crippen MR) is 148 cm³/mol. The van der Waals surface area contributed by atoms with E-state index in [1.807, 2.05) is 13.0 Å². The Morgan fingerprint density at radius 2 is 2.11 bits per heavy atom. The Morgan fingerprint density at radius 1 is 1.29 bits per heavy atom. The lowest BCUT2D eigenvalue weighted by molar-refractivity contribution is 0.190. The van der Waals surface area contributed by atoms with Crippen molar-refractivity contribution in [3.05, 3.63) is 59.8 Å². The molecule has 0 amide bonds. The van der Waals surface area contributed by atoms with E-state index in [1.54, 1.807) is 39.1 Å². The minimum absolute atomic E-state index is 0.0365. The SMILES string of the molecule is C/C=C(\C=C/C(C)S(=O)(=O)C(C)C)c1cnc(N)c(-c2nnc(C3C=CC(CN[C@@H]4CCOC4)=CC3)o2)n1. The zero-order valence-electron chi connectivity index (χ0n) is 22.3. The normalized spacial score (nSPS) is 21.4. The molecule has 10 nitrogen and oxygen atoms in total. The lowest BCUT2D eigenvalue weighted by Gasteiger charge is -2.15. The smallest absolute Gasteiger partial charge is 0.270 e. The van der Waals surface area contributed by atoms with E-state index in [0.717, 1.165) is 32.6 Å². The van der Waals surface area contributed by atoms with Crippen molar-refractivity contribution in [3.8, 4) is 11.6 Å². The lowest BCUT2D eigenvalue weighted by Crippen LogP contribution is -2.30. The maximum Gasteiger partial charge on any atom is 0.270 e. The molecule has 3 heterocycles. The number of nitrogens with zero attached hydrogens (tertiary/aromatic N) is 4. The van der Waals surface area contributed by atoms with Crippen molar-refractivity contribution >= 4 is 21.2 Å². The molecule has 0 bridgehead atoms. The van der Waals surface area contributed by atoms with E-state index >= 15 is 0 Å². The van der Waals surface area contributed by atoms with E-state index in [0.29, 0.717) is 23.2 Å². The first-order chi connectivity index (χ1) is 18.2. The predicted octanol–water partition coefficient (Wildman–Crippen LogP) is 3.63. The molecule has 2 aromatic heterocycles. The third-order valence-corrected chi connectivity index (χ3v) is 9.30. The molecule has 1 aliphatic carbocycles. The highest BCUT2D eigenvalue weighted by Gasteiger charge is 2.24. The minimum Gasteiger partial charge on any atom is -0.419 e. The van der Waals surface area contributed by atoms with Crippen LogP contribution in [0.15, 0.2) is 52.6 Å². The van der Waals surface area contributed by atoms with Gasteiger partial charge >= 0.3 is 0 Å². The largest absolute Gasteiger partial charge is 0.419 e. The van der Waals surface area contributed by atoms with E-state index < -0.39 is 20.3 Å².